The summed E-state index contributed by atoms with van der Waals surface area (Å²) in [6.45, 7) is 8.96. The summed E-state index contributed by atoms with van der Waals surface area (Å²) in [7, 11) is 0. The molecule has 1 fully saturated rings. The number of phenols is 1. The van der Waals surface area contributed by atoms with Crippen LogP contribution in [0.3, 0.4) is 0 Å². The molecule has 0 aliphatic heterocycles. The molecule has 2 amide bonds. The van der Waals surface area contributed by atoms with Crippen molar-refractivity contribution in [1.29, 1.82) is 0 Å². The molecule has 1 saturated carbocycles. The molecule has 0 radical (unpaired) electrons. The maximum absolute atomic E-state index is 12.8. The fraction of sp³-hybridized carbons (Fsp3) is 0.393. The summed E-state index contributed by atoms with van der Waals surface area (Å²) in [4.78, 5) is 25.6. The fourth-order valence-electron chi connectivity index (χ4n) is 4.14. The number of phenolic OH excluding ortho intramolecular Hbond substituents is 1. The van der Waals surface area contributed by atoms with Gasteiger partial charge in [-0.25, -0.2) is 4.79 Å². The third-order valence-corrected chi connectivity index (χ3v) is 6.52. The van der Waals surface area contributed by atoms with Crippen LogP contribution < -0.4 is 10.6 Å². The van der Waals surface area contributed by atoms with Crippen molar-refractivity contribution >= 4 is 17.6 Å². The number of anilines is 1. The van der Waals surface area contributed by atoms with Crippen LogP contribution in [0.2, 0.25) is 0 Å². The van der Waals surface area contributed by atoms with Gasteiger partial charge in [0.25, 0.3) is 5.91 Å². The normalized spacial score (nSPS) is 13.8. The first-order chi connectivity index (χ1) is 16.7. The number of amides is 2. The SMILES string of the molecule is CCCNC(=O)n1nc(-c2cc(NC(=O)c3ccc(C(C)(C)C)cc3)ccc2O)cc1C1CCC1. The zero-order valence-electron chi connectivity index (χ0n) is 20.9. The van der Waals surface area contributed by atoms with E-state index in [1.54, 1.807) is 12.1 Å². The van der Waals surface area contributed by atoms with Gasteiger partial charge in [-0.05, 0) is 66.6 Å². The molecule has 184 valence electrons. The number of carbonyl (C=O) groups excluding carboxylic acids is 2. The van der Waals surface area contributed by atoms with Gasteiger partial charge in [0.2, 0.25) is 0 Å². The van der Waals surface area contributed by atoms with Gasteiger partial charge in [0.05, 0.1) is 11.4 Å². The zero-order chi connectivity index (χ0) is 25.2. The third-order valence-electron chi connectivity index (χ3n) is 6.52. The number of benzene rings is 2. The van der Waals surface area contributed by atoms with E-state index in [4.69, 9.17) is 0 Å². The Bertz CT molecular complexity index is 1220. The van der Waals surface area contributed by atoms with E-state index < -0.39 is 0 Å². The molecule has 1 aromatic heterocycles. The smallest absolute Gasteiger partial charge is 0.342 e. The quantitative estimate of drug-likeness (QED) is 0.380. The van der Waals surface area contributed by atoms with E-state index >= 15 is 0 Å². The summed E-state index contributed by atoms with van der Waals surface area (Å²) < 4.78 is 1.43. The number of aromatic hydroxyl groups is 1. The number of nitrogens with one attached hydrogen (secondary N) is 2. The summed E-state index contributed by atoms with van der Waals surface area (Å²) in [5.41, 5.74) is 4.08. The standard InChI is InChI=1S/C28H34N4O3/c1-5-15-29-27(35)32-24(18-7-6-8-18)17-23(31-32)22-16-21(13-14-25(22)33)30-26(34)19-9-11-20(12-10-19)28(2,3)4/h9-14,16-18,33H,5-8,15H2,1-4H3,(H,29,35)(H,30,34). The molecular formula is C28H34N4O3. The number of rotatable bonds is 6. The topological polar surface area (TPSA) is 96.3 Å². The highest BCUT2D eigenvalue weighted by molar-refractivity contribution is 6.04. The third kappa shape index (κ3) is 5.39. The molecule has 3 N–H and O–H groups in total. The molecule has 2 aromatic carbocycles. The van der Waals surface area contributed by atoms with Crippen LogP contribution in [0.15, 0.2) is 48.5 Å². The Morgan fingerprint density at radius 3 is 2.40 bits per heavy atom. The Kier molecular flexibility index (Phi) is 6.96. The molecule has 0 saturated heterocycles. The Morgan fingerprint density at radius 1 is 1.09 bits per heavy atom. The molecule has 0 bridgehead atoms. The number of hydrogen-bond donors (Lipinski definition) is 3. The van der Waals surface area contributed by atoms with Gasteiger partial charge in [0.15, 0.2) is 0 Å². The van der Waals surface area contributed by atoms with Gasteiger partial charge in [-0.3, -0.25) is 4.79 Å². The lowest BCUT2D eigenvalue weighted by molar-refractivity contribution is 0.102. The van der Waals surface area contributed by atoms with Crippen LogP contribution in [0.4, 0.5) is 10.5 Å². The first-order valence-electron chi connectivity index (χ1n) is 12.3. The minimum Gasteiger partial charge on any atom is -0.507 e. The second kappa shape index (κ2) is 9.94. The average molecular weight is 475 g/mol. The lowest BCUT2D eigenvalue weighted by Crippen LogP contribution is -2.32. The van der Waals surface area contributed by atoms with E-state index in [0.29, 0.717) is 29.1 Å². The largest absolute Gasteiger partial charge is 0.507 e. The highest BCUT2D eigenvalue weighted by Crippen LogP contribution is 2.39. The lowest BCUT2D eigenvalue weighted by Gasteiger charge is -2.25. The van der Waals surface area contributed by atoms with E-state index in [0.717, 1.165) is 36.9 Å². The molecular weight excluding hydrogens is 440 g/mol. The minimum absolute atomic E-state index is 0.00997. The predicted octanol–water partition coefficient (Wildman–Crippen LogP) is 6.04. The van der Waals surface area contributed by atoms with E-state index in [9.17, 15) is 14.7 Å². The van der Waals surface area contributed by atoms with Crippen molar-refractivity contribution in [1.82, 2.24) is 15.1 Å². The summed E-state index contributed by atoms with van der Waals surface area (Å²) in [5, 5.41) is 20.9. The lowest BCUT2D eigenvalue weighted by atomic mass is 9.82. The molecule has 4 rings (SSSR count). The van der Waals surface area contributed by atoms with Crippen LogP contribution in [-0.4, -0.2) is 33.4 Å². The maximum atomic E-state index is 12.8. The average Bonchev–Trinajstić information content (AvgIpc) is 3.21. The van der Waals surface area contributed by atoms with Gasteiger partial charge in [-0.15, -0.1) is 0 Å². The van der Waals surface area contributed by atoms with Crippen LogP contribution in [0, 0.1) is 0 Å². The second-order valence-corrected chi connectivity index (χ2v) is 10.2. The molecule has 1 heterocycles. The molecule has 0 unspecified atom stereocenters. The van der Waals surface area contributed by atoms with Gasteiger partial charge >= 0.3 is 6.03 Å². The van der Waals surface area contributed by atoms with Gasteiger partial charge in [0, 0.05) is 29.3 Å². The van der Waals surface area contributed by atoms with E-state index in [-0.39, 0.29) is 29.0 Å². The van der Waals surface area contributed by atoms with Crippen LogP contribution >= 0.6 is 0 Å². The second-order valence-electron chi connectivity index (χ2n) is 10.2. The van der Waals surface area contributed by atoms with Gasteiger partial charge in [-0.2, -0.15) is 9.78 Å². The molecule has 7 heteroatoms. The first-order valence-corrected chi connectivity index (χ1v) is 12.3. The minimum atomic E-state index is -0.261. The zero-order valence-corrected chi connectivity index (χ0v) is 20.9. The van der Waals surface area contributed by atoms with Crippen LogP contribution in [0.5, 0.6) is 5.75 Å². The molecule has 1 aliphatic rings. The summed E-state index contributed by atoms with van der Waals surface area (Å²) in [6.07, 6.45) is 4.00. The summed E-state index contributed by atoms with van der Waals surface area (Å²) in [5.74, 6) is 0.0859. The van der Waals surface area contributed by atoms with Crippen molar-refractivity contribution in [3.63, 3.8) is 0 Å². The van der Waals surface area contributed by atoms with Crippen molar-refractivity contribution in [3.8, 4) is 17.0 Å². The molecule has 0 atom stereocenters. The summed E-state index contributed by atoms with van der Waals surface area (Å²) in [6, 6.07) is 14.1. The summed E-state index contributed by atoms with van der Waals surface area (Å²) >= 11 is 0. The van der Waals surface area contributed by atoms with Gasteiger partial charge in [0.1, 0.15) is 5.75 Å². The van der Waals surface area contributed by atoms with Crippen molar-refractivity contribution in [2.24, 2.45) is 0 Å². The number of aromatic nitrogens is 2. The number of hydrogen-bond acceptors (Lipinski definition) is 4. The molecule has 3 aromatic rings. The fourth-order valence-corrected chi connectivity index (χ4v) is 4.14. The highest BCUT2D eigenvalue weighted by Gasteiger charge is 2.27. The van der Waals surface area contributed by atoms with Crippen LogP contribution in [-0.2, 0) is 5.41 Å². The maximum Gasteiger partial charge on any atom is 0.342 e. The Balaban J connectivity index is 1.59. The Morgan fingerprint density at radius 2 is 1.80 bits per heavy atom. The van der Waals surface area contributed by atoms with Crippen molar-refractivity contribution in [2.75, 3.05) is 11.9 Å². The van der Waals surface area contributed by atoms with E-state index in [1.807, 2.05) is 37.3 Å². The van der Waals surface area contributed by atoms with Crippen LogP contribution in [0.25, 0.3) is 11.3 Å². The van der Waals surface area contributed by atoms with Gasteiger partial charge < -0.3 is 15.7 Å². The van der Waals surface area contributed by atoms with Crippen molar-refractivity contribution in [3.05, 3.63) is 65.4 Å². The molecule has 35 heavy (non-hydrogen) atoms. The molecule has 1 aliphatic carbocycles. The Hall–Kier alpha value is -3.61. The predicted molar refractivity (Wildman–Crippen MR) is 138 cm³/mol. The highest BCUT2D eigenvalue weighted by atomic mass is 16.3. The molecule has 7 nitrogen and oxygen atoms in total. The number of nitrogens with zero attached hydrogens (tertiary/aromatic N) is 2. The van der Waals surface area contributed by atoms with E-state index in [2.05, 4.69) is 36.5 Å². The van der Waals surface area contributed by atoms with E-state index in [1.165, 1.54) is 10.7 Å². The van der Waals surface area contributed by atoms with Crippen molar-refractivity contribution < 1.29 is 14.7 Å². The van der Waals surface area contributed by atoms with Crippen molar-refractivity contribution in [2.45, 2.75) is 64.7 Å². The number of carbonyl (C=O) groups is 2. The first kappa shape index (κ1) is 24.5. The molecule has 0 spiro atoms. The van der Waals surface area contributed by atoms with Gasteiger partial charge in [-0.1, -0.05) is 46.2 Å². The Labute approximate surface area is 206 Å². The van der Waals surface area contributed by atoms with Crippen LogP contribution in [0.1, 0.15) is 80.9 Å². The monoisotopic (exact) mass is 474 g/mol.